The van der Waals surface area contributed by atoms with Crippen molar-refractivity contribution in [2.24, 2.45) is 5.92 Å². The van der Waals surface area contributed by atoms with E-state index in [2.05, 4.69) is 27.7 Å². The Morgan fingerprint density at radius 3 is 1.15 bits per heavy atom. The Labute approximate surface area is 172 Å². The maximum Gasteiger partial charge on any atom is 0.157 e. The summed E-state index contributed by atoms with van der Waals surface area (Å²) in [5.74, 6) is 0.632. The van der Waals surface area contributed by atoms with Crippen LogP contribution in [0.2, 0.25) is 0 Å². The minimum Gasteiger partial charge on any atom is -0.353 e. The van der Waals surface area contributed by atoms with Crippen molar-refractivity contribution in [2.45, 2.75) is 143 Å². The quantitative estimate of drug-likeness (QED) is 0.137. The normalized spacial score (nSPS) is 11.8. The van der Waals surface area contributed by atoms with Crippen LogP contribution in [0.4, 0.5) is 0 Å². The van der Waals surface area contributed by atoms with Gasteiger partial charge in [-0.15, -0.1) is 0 Å². The fraction of sp³-hybridized carbons (Fsp3) is 1.00. The molecule has 0 bridgehead atoms. The lowest BCUT2D eigenvalue weighted by Crippen LogP contribution is -2.21. The highest BCUT2D eigenvalue weighted by atomic mass is 16.7. The van der Waals surface area contributed by atoms with Crippen LogP contribution in [0.1, 0.15) is 137 Å². The van der Waals surface area contributed by atoms with Crippen LogP contribution in [0.15, 0.2) is 0 Å². The van der Waals surface area contributed by atoms with E-state index in [1.165, 1.54) is 103 Å². The maximum atomic E-state index is 6.05. The summed E-state index contributed by atoms with van der Waals surface area (Å²) in [4.78, 5) is 0. The van der Waals surface area contributed by atoms with Crippen molar-refractivity contribution in [3.8, 4) is 0 Å². The Balaban J connectivity index is 3.56. The number of rotatable bonds is 22. The van der Waals surface area contributed by atoms with E-state index in [1.54, 1.807) is 0 Å². The van der Waals surface area contributed by atoms with Crippen molar-refractivity contribution in [1.82, 2.24) is 0 Å². The Morgan fingerprint density at radius 1 is 0.481 bits per heavy atom. The molecule has 0 radical (unpaired) electrons. The SMILES string of the molecule is CCCCCCCCCCOC(CC(C)C)OCCCCCCCCCC. The smallest absolute Gasteiger partial charge is 0.157 e. The first-order valence-electron chi connectivity index (χ1n) is 12.4. The molecule has 0 spiro atoms. The first-order chi connectivity index (χ1) is 13.2. The van der Waals surface area contributed by atoms with Gasteiger partial charge in [0.2, 0.25) is 0 Å². The third-order valence-corrected chi connectivity index (χ3v) is 5.27. The summed E-state index contributed by atoms with van der Waals surface area (Å²) in [5, 5.41) is 0. The Morgan fingerprint density at radius 2 is 0.815 bits per heavy atom. The minimum atomic E-state index is 0.0131. The van der Waals surface area contributed by atoms with Crippen LogP contribution < -0.4 is 0 Å². The Kier molecular flexibility index (Phi) is 22.1. The minimum absolute atomic E-state index is 0.0131. The van der Waals surface area contributed by atoms with Crippen LogP contribution in [0, 0.1) is 5.92 Å². The van der Waals surface area contributed by atoms with Gasteiger partial charge in [-0.2, -0.15) is 0 Å². The molecule has 0 saturated carbocycles. The van der Waals surface area contributed by atoms with Gasteiger partial charge in [0.25, 0.3) is 0 Å². The molecule has 0 N–H and O–H groups in total. The summed E-state index contributed by atoms with van der Waals surface area (Å²) in [6.45, 7) is 10.8. The van der Waals surface area contributed by atoms with Crippen LogP contribution >= 0.6 is 0 Å². The van der Waals surface area contributed by atoms with Gasteiger partial charge in [-0.1, -0.05) is 118 Å². The first kappa shape index (κ1) is 26.9. The fourth-order valence-corrected chi connectivity index (χ4v) is 3.47. The summed E-state index contributed by atoms with van der Waals surface area (Å²) >= 11 is 0. The zero-order valence-corrected chi connectivity index (χ0v) is 19.4. The summed E-state index contributed by atoms with van der Waals surface area (Å²) in [7, 11) is 0. The van der Waals surface area contributed by atoms with Crippen LogP contribution in [0.25, 0.3) is 0 Å². The average Bonchev–Trinajstić information content (AvgIpc) is 2.64. The van der Waals surface area contributed by atoms with E-state index in [0.29, 0.717) is 5.92 Å². The number of ether oxygens (including phenoxy) is 2. The lowest BCUT2D eigenvalue weighted by molar-refractivity contribution is -0.152. The first-order valence-corrected chi connectivity index (χ1v) is 12.4. The van der Waals surface area contributed by atoms with Crippen molar-refractivity contribution in [1.29, 1.82) is 0 Å². The van der Waals surface area contributed by atoms with Crippen LogP contribution in [-0.2, 0) is 9.47 Å². The molecule has 2 nitrogen and oxygen atoms in total. The summed E-state index contributed by atoms with van der Waals surface area (Å²) in [5.41, 5.74) is 0. The highest BCUT2D eigenvalue weighted by molar-refractivity contribution is 4.53. The van der Waals surface area contributed by atoms with E-state index in [-0.39, 0.29) is 6.29 Å². The summed E-state index contributed by atoms with van der Waals surface area (Å²) < 4.78 is 12.1. The molecule has 0 aromatic heterocycles. The predicted molar refractivity (Wildman–Crippen MR) is 120 cm³/mol. The molecule has 0 atom stereocenters. The predicted octanol–water partition coefficient (Wildman–Crippen LogP) is 8.67. The molecule has 0 rings (SSSR count). The topological polar surface area (TPSA) is 18.5 Å². The summed E-state index contributed by atoms with van der Waals surface area (Å²) in [6, 6.07) is 0. The van der Waals surface area contributed by atoms with Gasteiger partial charge in [0.1, 0.15) is 0 Å². The zero-order valence-electron chi connectivity index (χ0n) is 19.4. The number of hydrogen-bond acceptors (Lipinski definition) is 2. The van der Waals surface area contributed by atoms with E-state index in [1.807, 2.05) is 0 Å². The van der Waals surface area contributed by atoms with Crippen LogP contribution in [0.5, 0.6) is 0 Å². The lowest BCUT2D eigenvalue weighted by atomic mass is 10.1. The Bertz CT molecular complexity index is 243. The second-order valence-electron chi connectivity index (χ2n) is 8.75. The van der Waals surface area contributed by atoms with E-state index < -0.39 is 0 Å². The van der Waals surface area contributed by atoms with Crippen molar-refractivity contribution in [3.05, 3.63) is 0 Å². The Hall–Kier alpha value is -0.0800. The number of unbranched alkanes of at least 4 members (excludes halogenated alkanes) is 14. The highest BCUT2D eigenvalue weighted by Gasteiger charge is 2.11. The van der Waals surface area contributed by atoms with Crippen molar-refractivity contribution in [2.75, 3.05) is 13.2 Å². The molecule has 0 heterocycles. The molecule has 27 heavy (non-hydrogen) atoms. The van der Waals surface area contributed by atoms with Crippen molar-refractivity contribution < 1.29 is 9.47 Å². The average molecular weight is 385 g/mol. The third-order valence-electron chi connectivity index (χ3n) is 5.27. The van der Waals surface area contributed by atoms with Gasteiger partial charge in [-0.25, -0.2) is 0 Å². The third kappa shape index (κ3) is 22.1. The van der Waals surface area contributed by atoms with Gasteiger partial charge in [0.05, 0.1) is 0 Å². The molecule has 0 aromatic rings. The molecular weight excluding hydrogens is 332 g/mol. The van der Waals surface area contributed by atoms with E-state index in [4.69, 9.17) is 9.47 Å². The van der Waals surface area contributed by atoms with Crippen LogP contribution in [0.3, 0.4) is 0 Å². The molecule has 0 amide bonds. The van der Waals surface area contributed by atoms with Crippen molar-refractivity contribution in [3.63, 3.8) is 0 Å². The zero-order chi connectivity index (χ0) is 20.0. The monoisotopic (exact) mass is 384 g/mol. The van der Waals surface area contributed by atoms with E-state index in [0.717, 1.165) is 19.6 Å². The molecule has 0 saturated heterocycles. The van der Waals surface area contributed by atoms with Crippen molar-refractivity contribution >= 4 is 0 Å². The lowest BCUT2D eigenvalue weighted by Gasteiger charge is -2.20. The molecule has 0 aliphatic heterocycles. The largest absolute Gasteiger partial charge is 0.353 e. The molecule has 0 aliphatic rings. The fourth-order valence-electron chi connectivity index (χ4n) is 3.47. The van der Waals surface area contributed by atoms with Gasteiger partial charge >= 0.3 is 0 Å². The van der Waals surface area contributed by atoms with E-state index >= 15 is 0 Å². The molecule has 164 valence electrons. The maximum absolute atomic E-state index is 6.05. The molecular formula is C25H52O2. The molecule has 0 fully saturated rings. The second-order valence-corrected chi connectivity index (χ2v) is 8.75. The van der Waals surface area contributed by atoms with Gasteiger partial charge in [0.15, 0.2) is 6.29 Å². The second kappa shape index (κ2) is 22.2. The molecule has 0 unspecified atom stereocenters. The van der Waals surface area contributed by atoms with Gasteiger partial charge in [-0.05, 0) is 18.8 Å². The standard InChI is InChI=1S/C25H52O2/c1-5-7-9-11-13-15-17-19-21-26-25(23-24(3)4)27-22-20-18-16-14-12-10-8-6-2/h24-25H,5-23H2,1-4H3. The van der Waals surface area contributed by atoms with E-state index in [9.17, 15) is 0 Å². The van der Waals surface area contributed by atoms with Gasteiger partial charge in [-0.3, -0.25) is 0 Å². The van der Waals surface area contributed by atoms with Gasteiger partial charge in [0, 0.05) is 19.6 Å². The highest BCUT2D eigenvalue weighted by Crippen LogP contribution is 2.14. The summed E-state index contributed by atoms with van der Waals surface area (Å²) in [6.07, 6.45) is 22.6. The van der Waals surface area contributed by atoms with Gasteiger partial charge < -0.3 is 9.47 Å². The molecule has 0 aromatic carbocycles. The molecule has 2 heteroatoms. The van der Waals surface area contributed by atoms with Crippen LogP contribution in [-0.4, -0.2) is 19.5 Å². The molecule has 0 aliphatic carbocycles. The number of hydrogen-bond donors (Lipinski definition) is 0.